The highest BCUT2D eigenvalue weighted by Gasteiger charge is 2.19. The van der Waals surface area contributed by atoms with Gasteiger partial charge in [-0.05, 0) is 18.2 Å². The molecule has 0 radical (unpaired) electrons. The van der Waals surface area contributed by atoms with Crippen LogP contribution in [0.25, 0.3) is 0 Å². The van der Waals surface area contributed by atoms with Crippen LogP contribution in [0, 0.1) is 5.82 Å². The Bertz CT molecular complexity index is 661. The molecule has 2 aromatic rings. The Labute approximate surface area is 122 Å². The van der Waals surface area contributed by atoms with Crippen LogP contribution in [0.5, 0.6) is 5.75 Å². The van der Waals surface area contributed by atoms with Crippen molar-refractivity contribution >= 4 is 17.4 Å². The number of hydrogen-bond donors (Lipinski definition) is 1. The summed E-state index contributed by atoms with van der Waals surface area (Å²) in [7, 11) is 4.79. The standard InChI is InChI=1S/C15H16FN3O2/c1-17-14-13(7-10(16)9-18-14)15(20)19(2)11-5-4-6-12(8-11)21-3/h4-9H,1-3H3,(H,17,18). The third-order valence-corrected chi connectivity index (χ3v) is 3.07. The maximum Gasteiger partial charge on any atom is 0.261 e. The molecule has 0 spiro atoms. The first-order valence-corrected chi connectivity index (χ1v) is 6.32. The van der Waals surface area contributed by atoms with Gasteiger partial charge in [0.1, 0.15) is 17.4 Å². The zero-order chi connectivity index (χ0) is 15.4. The molecule has 2 rings (SSSR count). The molecule has 21 heavy (non-hydrogen) atoms. The molecule has 0 bridgehead atoms. The number of benzene rings is 1. The number of amides is 1. The van der Waals surface area contributed by atoms with E-state index in [0.29, 0.717) is 17.3 Å². The molecule has 0 fully saturated rings. The van der Waals surface area contributed by atoms with Gasteiger partial charge in [0.05, 0.1) is 18.9 Å². The fraction of sp³-hybridized carbons (Fsp3) is 0.200. The predicted molar refractivity (Wildman–Crippen MR) is 79.5 cm³/mol. The van der Waals surface area contributed by atoms with Gasteiger partial charge in [-0.25, -0.2) is 9.37 Å². The highest BCUT2D eigenvalue weighted by Crippen LogP contribution is 2.23. The number of anilines is 2. The number of ether oxygens (including phenoxy) is 1. The lowest BCUT2D eigenvalue weighted by atomic mass is 10.2. The maximum absolute atomic E-state index is 13.3. The molecule has 0 atom stereocenters. The van der Waals surface area contributed by atoms with Gasteiger partial charge in [0, 0.05) is 25.8 Å². The molecule has 5 nitrogen and oxygen atoms in total. The monoisotopic (exact) mass is 289 g/mol. The highest BCUT2D eigenvalue weighted by molar-refractivity contribution is 6.08. The van der Waals surface area contributed by atoms with Crippen LogP contribution in [0.1, 0.15) is 10.4 Å². The van der Waals surface area contributed by atoms with E-state index in [1.807, 2.05) is 0 Å². The summed E-state index contributed by atoms with van der Waals surface area (Å²) in [6.07, 6.45) is 1.06. The minimum Gasteiger partial charge on any atom is -0.497 e. The molecule has 1 N–H and O–H groups in total. The number of carbonyl (C=O) groups excluding carboxylic acids is 1. The van der Waals surface area contributed by atoms with E-state index < -0.39 is 5.82 Å². The van der Waals surface area contributed by atoms with Crippen LogP contribution >= 0.6 is 0 Å². The zero-order valence-corrected chi connectivity index (χ0v) is 12.1. The van der Waals surface area contributed by atoms with E-state index in [9.17, 15) is 9.18 Å². The summed E-state index contributed by atoms with van der Waals surface area (Å²) in [5.41, 5.74) is 0.813. The molecule has 0 aliphatic rings. The maximum atomic E-state index is 13.3. The largest absolute Gasteiger partial charge is 0.497 e. The molecule has 0 aliphatic carbocycles. The number of methoxy groups -OCH3 is 1. The molecule has 6 heteroatoms. The topological polar surface area (TPSA) is 54.5 Å². The molecule has 0 saturated carbocycles. The minimum atomic E-state index is -0.559. The van der Waals surface area contributed by atoms with Gasteiger partial charge >= 0.3 is 0 Å². The van der Waals surface area contributed by atoms with E-state index in [4.69, 9.17) is 4.74 Å². The lowest BCUT2D eigenvalue weighted by Gasteiger charge is -2.19. The van der Waals surface area contributed by atoms with Crippen molar-refractivity contribution in [3.8, 4) is 5.75 Å². The van der Waals surface area contributed by atoms with Crippen molar-refractivity contribution < 1.29 is 13.9 Å². The van der Waals surface area contributed by atoms with Crippen molar-refractivity contribution in [3.05, 3.63) is 47.9 Å². The normalized spacial score (nSPS) is 10.1. The number of aromatic nitrogens is 1. The second-order valence-electron chi connectivity index (χ2n) is 4.37. The highest BCUT2D eigenvalue weighted by atomic mass is 19.1. The summed E-state index contributed by atoms with van der Waals surface area (Å²) in [6.45, 7) is 0. The molecule has 1 heterocycles. The van der Waals surface area contributed by atoms with Gasteiger partial charge in [-0.3, -0.25) is 4.79 Å². The molecular weight excluding hydrogens is 273 g/mol. The summed E-state index contributed by atoms with van der Waals surface area (Å²) in [6, 6.07) is 8.22. The van der Waals surface area contributed by atoms with Gasteiger partial charge in [0.2, 0.25) is 0 Å². The van der Waals surface area contributed by atoms with Crippen LogP contribution in [0.4, 0.5) is 15.9 Å². The number of nitrogens with zero attached hydrogens (tertiary/aromatic N) is 2. The number of halogens is 1. The average Bonchev–Trinajstić information content (AvgIpc) is 2.53. The first kappa shape index (κ1) is 14.8. The summed E-state index contributed by atoms with van der Waals surface area (Å²) in [4.78, 5) is 17.8. The van der Waals surface area contributed by atoms with Crippen LogP contribution in [0.2, 0.25) is 0 Å². The minimum absolute atomic E-state index is 0.169. The molecule has 1 aromatic carbocycles. The lowest BCUT2D eigenvalue weighted by Crippen LogP contribution is -2.27. The smallest absolute Gasteiger partial charge is 0.261 e. The molecule has 1 aromatic heterocycles. The number of hydrogen-bond acceptors (Lipinski definition) is 4. The Morgan fingerprint density at radius 1 is 1.38 bits per heavy atom. The Balaban J connectivity index is 2.36. The van der Waals surface area contributed by atoms with Gasteiger partial charge in [-0.2, -0.15) is 0 Å². The van der Waals surface area contributed by atoms with Crippen molar-refractivity contribution in [2.75, 3.05) is 31.4 Å². The van der Waals surface area contributed by atoms with E-state index in [-0.39, 0.29) is 11.5 Å². The van der Waals surface area contributed by atoms with Crippen molar-refractivity contribution in [1.82, 2.24) is 4.98 Å². The van der Waals surface area contributed by atoms with Crippen LogP contribution in [0.15, 0.2) is 36.5 Å². The summed E-state index contributed by atoms with van der Waals surface area (Å²) in [5, 5.41) is 2.78. The fourth-order valence-corrected chi connectivity index (χ4v) is 1.92. The van der Waals surface area contributed by atoms with Crippen molar-refractivity contribution in [2.24, 2.45) is 0 Å². The Hall–Kier alpha value is -2.63. The lowest BCUT2D eigenvalue weighted by molar-refractivity contribution is 0.0993. The van der Waals surface area contributed by atoms with Gasteiger partial charge in [0.15, 0.2) is 0 Å². The second kappa shape index (κ2) is 6.21. The number of pyridine rings is 1. The van der Waals surface area contributed by atoms with Crippen molar-refractivity contribution in [2.45, 2.75) is 0 Å². The summed E-state index contributed by atoms with van der Waals surface area (Å²) < 4.78 is 18.5. The number of nitrogens with one attached hydrogen (secondary N) is 1. The predicted octanol–water partition coefficient (Wildman–Crippen LogP) is 2.55. The second-order valence-corrected chi connectivity index (χ2v) is 4.37. The van der Waals surface area contributed by atoms with Crippen LogP contribution in [-0.4, -0.2) is 32.1 Å². The Morgan fingerprint density at radius 2 is 2.14 bits per heavy atom. The van der Waals surface area contributed by atoms with E-state index in [2.05, 4.69) is 10.3 Å². The molecule has 1 amide bonds. The number of carbonyl (C=O) groups is 1. The third kappa shape index (κ3) is 3.10. The van der Waals surface area contributed by atoms with E-state index in [1.165, 1.54) is 4.90 Å². The van der Waals surface area contributed by atoms with Crippen LogP contribution < -0.4 is 15.0 Å². The zero-order valence-electron chi connectivity index (χ0n) is 12.1. The van der Waals surface area contributed by atoms with Crippen LogP contribution in [-0.2, 0) is 0 Å². The van der Waals surface area contributed by atoms with Gasteiger partial charge < -0.3 is 15.0 Å². The fourth-order valence-electron chi connectivity index (χ4n) is 1.92. The van der Waals surface area contributed by atoms with Crippen LogP contribution in [0.3, 0.4) is 0 Å². The Morgan fingerprint density at radius 3 is 2.81 bits per heavy atom. The van der Waals surface area contributed by atoms with Crippen molar-refractivity contribution in [1.29, 1.82) is 0 Å². The molecule has 0 aliphatic heterocycles. The molecule has 110 valence electrons. The molecule has 0 saturated heterocycles. The Kier molecular flexibility index (Phi) is 4.37. The first-order valence-electron chi connectivity index (χ1n) is 6.32. The SMILES string of the molecule is CNc1ncc(F)cc1C(=O)N(C)c1cccc(OC)c1. The van der Waals surface area contributed by atoms with E-state index in [0.717, 1.165) is 12.3 Å². The summed E-state index contributed by atoms with van der Waals surface area (Å²) in [5.74, 6) is 0.0468. The van der Waals surface area contributed by atoms with Gasteiger partial charge in [-0.15, -0.1) is 0 Å². The van der Waals surface area contributed by atoms with E-state index >= 15 is 0 Å². The average molecular weight is 289 g/mol. The van der Waals surface area contributed by atoms with E-state index in [1.54, 1.807) is 45.5 Å². The first-order chi connectivity index (χ1) is 10.1. The molecule has 0 unspecified atom stereocenters. The summed E-state index contributed by atoms with van der Waals surface area (Å²) >= 11 is 0. The van der Waals surface area contributed by atoms with Crippen molar-refractivity contribution in [3.63, 3.8) is 0 Å². The molecular formula is C15H16FN3O2. The number of rotatable bonds is 4. The van der Waals surface area contributed by atoms with Gasteiger partial charge in [0.25, 0.3) is 5.91 Å². The quantitative estimate of drug-likeness (QED) is 0.940. The van der Waals surface area contributed by atoms with Gasteiger partial charge in [-0.1, -0.05) is 6.07 Å². The third-order valence-electron chi connectivity index (χ3n) is 3.07.